The molecule has 1 aromatic heterocycles. The first-order chi connectivity index (χ1) is 7.33. The Morgan fingerprint density at radius 2 is 2.40 bits per heavy atom. The molecule has 1 aromatic rings. The van der Waals surface area contributed by atoms with Crippen LogP contribution in [0.1, 0.15) is 11.3 Å². The fourth-order valence-corrected chi connectivity index (χ4v) is 1.83. The van der Waals surface area contributed by atoms with Gasteiger partial charge in [0.2, 0.25) is 0 Å². The highest BCUT2D eigenvalue weighted by Gasteiger charge is 2.26. The van der Waals surface area contributed by atoms with E-state index in [4.69, 9.17) is 10.4 Å². The maximum absolute atomic E-state index is 8.88. The van der Waals surface area contributed by atoms with E-state index in [0.717, 1.165) is 25.2 Å². The van der Waals surface area contributed by atoms with Crippen molar-refractivity contribution in [1.29, 1.82) is 5.26 Å². The highest BCUT2D eigenvalue weighted by molar-refractivity contribution is 5.30. The van der Waals surface area contributed by atoms with Crippen LogP contribution in [0.2, 0.25) is 0 Å². The van der Waals surface area contributed by atoms with E-state index in [2.05, 4.69) is 16.0 Å². The molecule has 0 radical (unpaired) electrons. The number of nitrogens with zero attached hydrogens (tertiary/aromatic N) is 3. The van der Waals surface area contributed by atoms with E-state index in [1.807, 2.05) is 12.1 Å². The van der Waals surface area contributed by atoms with Gasteiger partial charge in [-0.2, -0.15) is 5.26 Å². The average Bonchev–Trinajstić information content (AvgIpc) is 2.23. The summed E-state index contributed by atoms with van der Waals surface area (Å²) in [5.74, 6) is 0.409. The smallest absolute Gasteiger partial charge is 0.144 e. The lowest BCUT2D eigenvalue weighted by atomic mass is 10.0. The highest BCUT2D eigenvalue weighted by atomic mass is 16.3. The van der Waals surface area contributed by atoms with E-state index in [-0.39, 0.29) is 6.61 Å². The van der Waals surface area contributed by atoms with Gasteiger partial charge in [-0.15, -0.1) is 0 Å². The monoisotopic (exact) mass is 203 g/mol. The SMILES string of the molecule is N#Cc1ncccc1CN1CC(CO)C1. The standard InChI is InChI=1S/C11H13N3O/c12-4-11-10(2-1-3-13-11)7-14-5-9(6-14)8-15/h1-3,9,15H,5-8H2. The van der Waals surface area contributed by atoms with Crippen molar-refractivity contribution in [3.63, 3.8) is 0 Å². The second-order valence-electron chi connectivity index (χ2n) is 3.87. The van der Waals surface area contributed by atoms with Crippen molar-refractivity contribution >= 4 is 0 Å². The second-order valence-corrected chi connectivity index (χ2v) is 3.87. The minimum Gasteiger partial charge on any atom is -0.396 e. The van der Waals surface area contributed by atoms with Gasteiger partial charge in [-0.25, -0.2) is 4.98 Å². The molecule has 0 unspecified atom stereocenters. The minimum atomic E-state index is 0.259. The first-order valence-corrected chi connectivity index (χ1v) is 5.00. The van der Waals surface area contributed by atoms with Crippen LogP contribution in [0.25, 0.3) is 0 Å². The zero-order chi connectivity index (χ0) is 10.7. The lowest BCUT2D eigenvalue weighted by Crippen LogP contribution is -2.47. The van der Waals surface area contributed by atoms with Gasteiger partial charge in [-0.05, 0) is 6.07 Å². The molecule has 4 nitrogen and oxygen atoms in total. The Balaban J connectivity index is 1.97. The predicted molar refractivity (Wildman–Crippen MR) is 54.8 cm³/mol. The lowest BCUT2D eigenvalue weighted by Gasteiger charge is -2.38. The first kappa shape index (κ1) is 10.1. The molecule has 1 aliphatic rings. The fraction of sp³-hybridized carbons (Fsp3) is 0.455. The minimum absolute atomic E-state index is 0.259. The summed E-state index contributed by atoms with van der Waals surface area (Å²) in [5.41, 5.74) is 1.47. The number of aromatic nitrogens is 1. The van der Waals surface area contributed by atoms with Crippen molar-refractivity contribution in [2.45, 2.75) is 6.54 Å². The summed E-state index contributed by atoms with van der Waals surface area (Å²) >= 11 is 0. The Bertz CT molecular complexity index is 380. The van der Waals surface area contributed by atoms with E-state index in [1.165, 1.54) is 0 Å². The highest BCUT2D eigenvalue weighted by Crippen LogP contribution is 2.18. The van der Waals surface area contributed by atoms with Crippen molar-refractivity contribution in [3.05, 3.63) is 29.6 Å². The number of aliphatic hydroxyl groups excluding tert-OH is 1. The van der Waals surface area contributed by atoms with E-state index < -0.39 is 0 Å². The summed E-state index contributed by atoms with van der Waals surface area (Å²) in [5, 5.41) is 17.7. The molecule has 1 aliphatic heterocycles. The number of pyridine rings is 1. The van der Waals surface area contributed by atoms with E-state index in [0.29, 0.717) is 11.6 Å². The van der Waals surface area contributed by atoms with E-state index in [9.17, 15) is 0 Å². The zero-order valence-corrected chi connectivity index (χ0v) is 8.43. The van der Waals surface area contributed by atoms with Gasteiger partial charge in [-0.1, -0.05) is 6.07 Å². The summed E-state index contributed by atoms with van der Waals surface area (Å²) in [6, 6.07) is 5.86. The molecule has 0 aromatic carbocycles. The quantitative estimate of drug-likeness (QED) is 0.771. The number of rotatable bonds is 3. The van der Waals surface area contributed by atoms with Crippen LogP contribution in [0.5, 0.6) is 0 Å². The molecule has 15 heavy (non-hydrogen) atoms. The van der Waals surface area contributed by atoms with Gasteiger partial charge in [0.15, 0.2) is 0 Å². The summed E-state index contributed by atoms with van der Waals surface area (Å²) in [7, 11) is 0. The molecule has 0 bridgehead atoms. The lowest BCUT2D eigenvalue weighted by molar-refractivity contribution is 0.0478. The van der Waals surface area contributed by atoms with Gasteiger partial charge in [0, 0.05) is 43.9 Å². The maximum atomic E-state index is 8.88. The summed E-state index contributed by atoms with van der Waals surface area (Å²) in [4.78, 5) is 6.22. The molecule has 4 heteroatoms. The Labute approximate surface area is 88.8 Å². The molecule has 0 amide bonds. The summed E-state index contributed by atoms with van der Waals surface area (Å²) < 4.78 is 0. The summed E-state index contributed by atoms with van der Waals surface area (Å²) in [6.45, 7) is 2.84. The van der Waals surface area contributed by atoms with Crippen LogP contribution in [0.3, 0.4) is 0 Å². The van der Waals surface area contributed by atoms with Gasteiger partial charge < -0.3 is 5.11 Å². The third kappa shape index (κ3) is 2.14. The third-order valence-corrected chi connectivity index (χ3v) is 2.68. The molecule has 2 rings (SSSR count). The third-order valence-electron chi connectivity index (χ3n) is 2.68. The molecule has 1 saturated heterocycles. The van der Waals surface area contributed by atoms with Crippen molar-refractivity contribution in [2.24, 2.45) is 5.92 Å². The van der Waals surface area contributed by atoms with Crippen LogP contribution in [0.4, 0.5) is 0 Å². The molecule has 1 N–H and O–H groups in total. The molecule has 2 heterocycles. The first-order valence-electron chi connectivity index (χ1n) is 5.00. The number of aliphatic hydroxyl groups is 1. The Morgan fingerprint density at radius 1 is 1.60 bits per heavy atom. The van der Waals surface area contributed by atoms with Crippen LogP contribution < -0.4 is 0 Å². The molecule has 0 atom stereocenters. The van der Waals surface area contributed by atoms with Crippen molar-refractivity contribution in [2.75, 3.05) is 19.7 Å². The van der Waals surface area contributed by atoms with E-state index >= 15 is 0 Å². The van der Waals surface area contributed by atoms with Crippen LogP contribution in [0, 0.1) is 17.2 Å². The molecule has 78 valence electrons. The average molecular weight is 203 g/mol. The molecule has 0 spiro atoms. The van der Waals surface area contributed by atoms with Gasteiger partial charge in [-0.3, -0.25) is 4.90 Å². The van der Waals surface area contributed by atoms with Crippen molar-refractivity contribution in [3.8, 4) is 6.07 Å². The fourth-order valence-electron chi connectivity index (χ4n) is 1.83. The largest absolute Gasteiger partial charge is 0.396 e. The molecule has 0 aliphatic carbocycles. The normalized spacial score (nSPS) is 17.1. The Morgan fingerprint density at radius 3 is 3.07 bits per heavy atom. The molecule has 1 fully saturated rings. The van der Waals surface area contributed by atoms with Gasteiger partial charge in [0.1, 0.15) is 11.8 Å². The predicted octanol–water partition coefficient (Wildman–Crippen LogP) is 0.377. The molecular weight excluding hydrogens is 190 g/mol. The van der Waals surface area contributed by atoms with Gasteiger partial charge in [0.05, 0.1) is 0 Å². The van der Waals surface area contributed by atoms with Gasteiger partial charge >= 0.3 is 0 Å². The Hall–Kier alpha value is -1.44. The number of hydrogen-bond donors (Lipinski definition) is 1. The molecular formula is C11H13N3O. The number of nitriles is 1. The van der Waals surface area contributed by atoms with E-state index in [1.54, 1.807) is 6.20 Å². The zero-order valence-electron chi connectivity index (χ0n) is 8.43. The van der Waals surface area contributed by atoms with Crippen LogP contribution in [0.15, 0.2) is 18.3 Å². The second kappa shape index (κ2) is 4.39. The number of likely N-dealkylation sites (tertiary alicyclic amines) is 1. The van der Waals surface area contributed by atoms with Crippen LogP contribution in [-0.4, -0.2) is 34.7 Å². The van der Waals surface area contributed by atoms with Gasteiger partial charge in [0.25, 0.3) is 0 Å². The van der Waals surface area contributed by atoms with Crippen LogP contribution >= 0.6 is 0 Å². The van der Waals surface area contributed by atoms with Crippen molar-refractivity contribution in [1.82, 2.24) is 9.88 Å². The van der Waals surface area contributed by atoms with Crippen molar-refractivity contribution < 1.29 is 5.11 Å². The topological polar surface area (TPSA) is 60.2 Å². The Kier molecular flexibility index (Phi) is 2.95. The van der Waals surface area contributed by atoms with Crippen LogP contribution in [-0.2, 0) is 6.54 Å². The maximum Gasteiger partial charge on any atom is 0.144 e. The number of hydrogen-bond acceptors (Lipinski definition) is 4. The summed E-state index contributed by atoms with van der Waals surface area (Å²) in [6.07, 6.45) is 1.63. The molecule has 0 saturated carbocycles.